The van der Waals surface area contributed by atoms with Crippen LogP contribution in [-0.2, 0) is 10.8 Å². The molecule has 0 aliphatic rings. The van der Waals surface area contributed by atoms with Gasteiger partial charge in [-0.15, -0.1) is 0 Å². The lowest BCUT2D eigenvalue weighted by molar-refractivity contribution is 0.569. The Morgan fingerprint density at radius 2 is 0.778 bits per heavy atom. The topological polar surface area (TPSA) is 29.5 Å². The highest BCUT2D eigenvalue weighted by Crippen LogP contribution is 2.51. The summed E-state index contributed by atoms with van der Waals surface area (Å²) in [5.41, 5.74) is 15.9. The first-order chi connectivity index (χ1) is 30.5. The van der Waals surface area contributed by atoms with Crippen molar-refractivity contribution < 1.29 is 8.83 Å². The van der Waals surface area contributed by atoms with Crippen molar-refractivity contribution in [1.82, 2.24) is 0 Å². The smallest absolute Gasteiger partial charge is 0.159 e. The van der Waals surface area contributed by atoms with Crippen LogP contribution in [0.25, 0.3) is 88.0 Å². The molecule has 0 saturated heterocycles. The first-order valence-electron chi connectivity index (χ1n) is 22.0. The Morgan fingerprint density at radius 1 is 0.349 bits per heavy atom. The molecule has 63 heavy (non-hydrogen) atoms. The van der Waals surface area contributed by atoms with Crippen molar-refractivity contribution in [2.45, 2.75) is 52.4 Å². The Labute approximate surface area is 368 Å². The number of hydrogen-bond acceptors (Lipinski definition) is 3. The van der Waals surface area contributed by atoms with Gasteiger partial charge in [0.25, 0.3) is 0 Å². The van der Waals surface area contributed by atoms with Crippen LogP contribution in [0.1, 0.15) is 52.7 Å². The second kappa shape index (κ2) is 14.6. The molecule has 0 fully saturated rings. The van der Waals surface area contributed by atoms with Crippen LogP contribution in [-0.4, -0.2) is 0 Å². The minimum Gasteiger partial charge on any atom is -0.455 e. The molecule has 0 radical (unpaired) electrons. The van der Waals surface area contributed by atoms with Crippen LogP contribution >= 0.6 is 0 Å². The summed E-state index contributed by atoms with van der Waals surface area (Å²) in [5.74, 6) is 0. The van der Waals surface area contributed by atoms with Crippen molar-refractivity contribution >= 4 is 71.7 Å². The normalized spacial score (nSPS) is 12.3. The van der Waals surface area contributed by atoms with E-state index in [2.05, 4.69) is 222 Å². The molecule has 11 rings (SSSR count). The minimum atomic E-state index is -0.0196. The molecule has 2 heterocycles. The molecule has 0 bridgehead atoms. The highest BCUT2D eigenvalue weighted by Gasteiger charge is 2.27. The maximum Gasteiger partial charge on any atom is 0.159 e. The van der Waals surface area contributed by atoms with Gasteiger partial charge < -0.3 is 13.7 Å². The molecule has 3 heteroatoms. The fourth-order valence-corrected chi connectivity index (χ4v) is 9.50. The van der Waals surface area contributed by atoms with Gasteiger partial charge in [0.1, 0.15) is 16.7 Å². The number of rotatable bonds is 6. The number of nitrogens with zero attached hydrogens (tertiary/aromatic N) is 1. The van der Waals surface area contributed by atoms with Crippen molar-refractivity contribution in [3.05, 3.63) is 199 Å². The van der Waals surface area contributed by atoms with E-state index < -0.39 is 0 Å². The quantitative estimate of drug-likeness (QED) is 0.167. The van der Waals surface area contributed by atoms with E-state index in [1.807, 2.05) is 12.1 Å². The monoisotopic (exact) mass is 815 g/mol. The fourth-order valence-electron chi connectivity index (χ4n) is 9.50. The molecule has 3 nitrogen and oxygen atoms in total. The van der Waals surface area contributed by atoms with E-state index in [0.29, 0.717) is 0 Å². The average molecular weight is 816 g/mol. The molecule has 0 amide bonds. The van der Waals surface area contributed by atoms with Gasteiger partial charge in [0.15, 0.2) is 5.58 Å². The average Bonchev–Trinajstić information content (AvgIpc) is 3.88. The molecular formula is C60H49NO2. The van der Waals surface area contributed by atoms with Gasteiger partial charge in [-0.2, -0.15) is 0 Å². The highest BCUT2D eigenvalue weighted by molar-refractivity contribution is 6.15. The summed E-state index contributed by atoms with van der Waals surface area (Å²) in [7, 11) is 0. The number of para-hydroxylation sites is 6. The molecule has 0 aliphatic carbocycles. The van der Waals surface area contributed by atoms with Crippen LogP contribution < -0.4 is 4.90 Å². The Kier molecular flexibility index (Phi) is 8.96. The lowest BCUT2D eigenvalue weighted by Gasteiger charge is -2.30. The Hall–Kier alpha value is -7.36. The number of anilines is 3. The predicted molar refractivity (Wildman–Crippen MR) is 267 cm³/mol. The van der Waals surface area contributed by atoms with Gasteiger partial charge in [0.2, 0.25) is 0 Å². The molecule has 2 aromatic heterocycles. The van der Waals surface area contributed by atoms with E-state index in [1.54, 1.807) is 0 Å². The van der Waals surface area contributed by atoms with Gasteiger partial charge in [0.05, 0.1) is 17.1 Å². The van der Waals surface area contributed by atoms with Crippen LogP contribution in [0.4, 0.5) is 17.1 Å². The van der Waals surface area contributed by atoms with Crippen LogP contribution in [0, 0.1) is 0 Å². The zero-order valence-corrected chi connectivity index (χ0v) is 36.7. The Morgan fingerprint density at radius 3 is 1.40 bits per heavy atom. The zero-order valence-electron chi connectivity index (χ0n) is 36.7. The Balaban J connectivity index is 1.21. The van der Waals surface area contributed by atoms with Crippen molar-refractivity contribution in [3.63, 3.8) is 0 Å². The summed E-state index contributed by atoms with van der Waals surface area (Å²) in [6.45, 7) is 13.9. The summed E-state index contributed by atoms with van der Waals surface area (Å²) >= 11 is 0. The van der Waals surface area contributed by atoms with Crippen molar-refractivity contribution in [1.29, 1.82) is 0 Å². The molecule has 0 atom stereocenters. The van der Waals surface area contributed by atoms with Crippen molar-refractivity contribution in [3.8, 4) is 33.4 Å². The zero-order chi connectivity index (χ0) is 43.0. The fraction of sp³-hybridized carbons (Fsp3) is 0.133. The number of benzene rings is 9. The molecule has 0 saturated carbocycles. The molecule has 0 aliphatic heterocycles. The number of furan rings is 2. The molecular weight excluding hydrogens is 767 g/mol. The highest BCUT2D eigenvalue weighted by atomic mass is 16.3. The van der Waals surface area contributed by atoms with Gasteiger partial charge in [0, 0.05) is 38.2 Å². The maximum atomic E-state index is 6.87. The summed E-state index contributed by atoms with van der Waals surface area (Å²) in [6, 6.07) is 68.0. The number of hydrogen-bond donors (Lipinski definition) is 0. The molecule has 9 aromatic carbocycles. The standard InChI is InChI=1S/C60H49NO2/c1-59(2,3)40-35-39(36-41(37-40)60(4,5)6)42-25-15-19-38-20-16-26-47(56(38)42)43-21-7-11-30-51(43)61(53-32-18-29-50-46-24-10-14-34-55(46)63-58(50)53)52-31-12-8-22-44(52)48-27-17-28-49-45-23-9-13-33-54(45)62-57(48)49/h7-37H,1-6H3. The van der Waals surface area contributed by atoms with Gasteiger partial charge in [-0.25, -0.2) is 0 Å². The van der Waals surface area contributed by atoms with E-state index in [0.717, 1.165) is 83.2 Å². The first-order valence-corrected chi connectivity index (χ1v) is 22.0. The first kappa shape index (κ1) is 38.6. The van der Waals surface area contributed by atoms with E-state index in [4.69, 9.17) is 8.83 Å². The van der Waals surface area contributed by atoms with Gasteiger partial charge in [-0.3, -0.25) is 0 Å². The molecule has 306 valence electrons. The van der Waals surface area contributed by atoms with Crippen LogP contribution in [0.15, 0.2) is 197 Å². The third-order valence-electron chi connectivity index (χ3n) is 12.8. The van der Waals surface area contributed by atoms with Gasteiger partial charge in [-0.1, -0.05) is 199 Å². The van der Waals surface area contributed by atoms with E-state index in [-0.39, 0.29) is 10.8 Å². The van der Waals surface area contributed by atoms with Gasteiger partial charge >= 0.3 is 0 Å². The van der Waals surface area contributed by atoms with Crippen molar-refractivity contribution in [2.24, 2.45) is 0 Å². The largest absolute Gasteiger partial charge is 0.455 e. The second-order valence-corrected chi connectivity index (χ2v) is 18.9. The van der Waals surface area contributed by atoms with Gasteiger partial charge in [-0.05, 0) is 79.8 Å². The minimum absolute atomic E-state index is 0.0196. The van der Waals surface area contributed by atoms with Crippen LogP contribution in [0.2, 0.25) is 0 Å². The number of fused-ring (bicyclic) bond motifs is 7. The summed E-state index contributed by atoms with van der Waals surface area (Å²) < 4.78 is 13.6. The maximum absolute atomic E-state index is 6.87. The third-order valence-corrected chi connectivity index (χ3v) is 12.8. The van der Waals surface area contributed by atoms with Crippen LogP contribution in [0.3, 0.4) is 0 Å². The summed E-state index contributed by atoms with van der Waals surface area (Å²) in [6.07, 6.45) is 0. The van der Waals surface area contributed by atoms with E-state index in [1.165, 1.54) is 33.0 Å². The summed E-state index contributed by atoms with van der Waals surface area (Å²) in [5, 5.41) is 6.78. The summed E-state index contributed by atoms with van der Waals surface area (Å²) in [4.78, 5) is 2.41. The molecule has 11 aromatic rings. The van der Waals surface area contributed by atoms with E-state index >= 15 is 0 Å². The second-order valence-electron chi connectivity index (χ2n) is 18.9. The SMILES string of the molecule is CC(C)(C)c1cc(-c2cccc3cccc(-c4ccccc4N(c4ccccc4-c4cccc5c4oc4ccccc45)c4cccc5c4oc4ccccc45)c23)cc(C(C)(C)C)c1. The third kappa shape index (κ3) is 6.50. The lowest BCUT2D eigenvalue weighted by atomic mass is 9.78. The van der Waals surface area contributed by atoms with Crippen molar-refractivity contribution in [2.75, 3.05) is 4.90 Å². The lowest BCUT2D eigenvalue weighted by Crippen LogP contribution is -2.16. The predicted octanol–water partition coefficient (Wildman–Crippen LogP) is 17.7. The van der Waals surface area contributed by atoms with Crippen LogP contribution in [0.5, 0.6) is 0 Å². The van der Waals surface area contributed by atoms with E-state index in [9.17, 15) is 0 Å². The molecule has 0 N–H and O–H groups in total. The Bertz CT molecular complexity index is 3510. The molecule has 0 spiro atoms. The molecule has 0 unspecified atom stereocenters.